The summed E-state index contributed by atoms with van der Waals surface area (Å²) in [5.74, 6) is -0.236. The second kappa shape index (κ2) is 9.53. The Balaban J connectivity index is 1.58. The van der Waals surface area contributed by atoms with Gasteiger partial charge in [-0.05, 0) is 67.6 Å². The van der Waals surface area contributed by atoms with Gasteiger partial charge in [-0.15, -0.1) is 0 Å². The van der Waals surface area contributed by atoms with Crippen LogP contribution in [0.15, 0.2) is 77.7 Å². The lowest BCUT2D eigenvalue weighted by Gasteiger charge is -2.20. The van der Waals surface area contributed by atoms with Crippen LogP contribution in [0.3, 0.4) is 0 Å². The Hall–Kier alpha value is -3.53. The number of sulfonamides is 1. The second-order valence-corrected chi connectivity index (χ2v) is 9.16. The van der Waals surface area contributed by atoms with Crippen molar-refractivity contribution in [2.24, 2.45) is 0 Å². The minimum Gasteiger partial charge on any atom is -0.484 e. The number of carbonyl (C=O) groups is 1. The van der Waals surface area contributed by atoms with Crippen LogP contribution in [-0.2, 0) is 21.0 Å². The van der Waals surface area contributed by atoms with Crippen LogP contribution in [0.25, 0.3) is 0 Å². The highest BCUT2D eigenvalue weighted by Gasteiger charge is 2.30. The number of hydrogen-bond donors (Lipinski definition) is 1. The summed E-state index contributed by atoms with van der Waals surface area (Å²) in [7, 11) is -2.30. The zero-order chi connectivity index (χ0) is 24.2. The van der Waals surface area contributed by atoms with Gasteiger partial charge < -0.3 is 10.1 Å². The summed E-state index contributed by atoms with van der Waals surface area (Å²) in [6.45, 7) is 1.49. The SMILES string of the molecule is Cc1ccc(S(=O)(=O)N(C)c2ccc(OCC(=O)Nc3ccc(C(F)(F)F)cc3)cc2)cc1. The first-order valence-corrected chi connectivity index (χ1v) is 11.2. The molecule has 0 atom stereocenters. The maximum absolute atomic E-state index is 12.8. The first-order valence-electron chi connectivity index (χ1n) is 9.72. The Labute approximate surface area is 189 Å². The highest BCUT2D eigenvalue weighted by atomic mass is 32.2. The molecular weight excluding hydrogens is 457 g/mol. The fourth-order valence-electron chi connectivity index (χ4n) is 2.85. The summed E-state index contributed by atoms with van der Waals surface area (Å²) < 4.78 is 69.8. The van der Waals surface area contributed by atoms with Crippen molar-refractivity contribution in [3.63, 3.8) is 0 Å². The van der Waals surface area contributed by atoms with Gasteiger partial charge in [0.05, 0.1) is 16.1 Å². The van der Waals surface area contributed by atoms with E-state index in [0.717, 1.165) is 34.1 Å². The van der Waals surface area contributed by atoms with Gasteiger partial charge in [0.1, 0.15) is 5.75 Å². The maximum Gasteiger partial charge on any atom is 0.416 e. The van der Waals surface area contributed by atoms with Crippen molar-refractivity contribution in [2.75, 3.05) is 23.3 Å². The summed E-state index contributed by atoms with van der Waals surface area (Å²) in [4.78, 5) is 12.2. The van der Waals surface area contributed by atoms with E-state index in [2.05, 4.69) is 5.32 Å². The fraction of sp³-hybridized carbons (Fsp3) is 0.174. The van der Waals surface area contributed by atoms with Crippen LogP contribution in [0.4, 0.5) is 24.5 Å². The summed E-state index contributed by atoms with van der Waals surface area (Å²) in [5.41, 5.74) is 0.735. The Morgan fingerprint density at radius 1 is 0.939 bits per heavy atom. The van der Waals surface area contributed by atoms with Crippen LogP contribution in [0.1, 0.15) is 11.1 Å². The van der Waals surface area contributed by atoms with E-state index in [9.17, 15) is 26.4 Å². The zero-order valence-electron chi connectivity index (χ0n) is 17.8. The number of hydrogen-bond acceptors (Lipinski definition) is 4. The molecule has 3 rings (SSSR count). The van der Waals surface area contributed by atoms with Crippen LogP contribution in [0, 0.1) is 6.92 Å². The first-order chi connectivity index (χ1) is 15.5. The van der Waals surface area contributed by atoms with Crippen molar-refractivity contribution in [2.45, 2.75) is 18.0 Å². The molecule has 0 aliphatic carbocycles. The minimum atomic E-state index is -4.45. The molecule has 6 nitrogen and oxygen atoms in total. The molecule has 10 heteroatoms. The Morgan fingerprint density at radius 2 is 1.52 bits per heavy atom. The van der Waals surface area contributed by atoms with E-state index in [1.807, 2.05) is 6.92 Å². The van der Waals surface area contributed by atoms with E-state index in [1.54, 1.807) is 12.1 Å². The molecule has 0 heterocycles. The van der Waals surface area contributed by atoms with Gasteiger partial charge in [0, 0.05) is 12.7 Å². The molecule has 1 amide bonds. The molecule has 0 bridgehead atoms. The molecule has 0 radical (unpaired) electrons. The topological polar surface area (TPSA) is 75.7 Å². The van der Waals surface area contributed by atoms with Gasteiger partial charge >= 0.3 is 6.18 Å². The molecule has 0 saturated carbocycles. The Bertz CT molecular complexity index is 1210. The number of alkyl halides is 3. The van der Waals surface area contributed by atoms with Crippen LogP contribution < -0.4 is 14.4 Å². The molecular formula is C23H21F3N2O4S. The van der Waals surface area contributed by atoms with E-state index in [0.29, 0.717) is 11.4 Å². The first kappa shape index (κ1) is 24.1. The highest BCUT2D eigenvalue weighted by Crippen LogP contribution is 2.30. The largest absolute Gasteiger partial charge is 0.484 e. The van der Waals surface area contributed by atoms with Crippen molar-refractivity contribution in [1.29, 1.82) is 0 Å². The molecule has 174 valence electrons. The predicted molar refractivity (Wildman–Crippen MR) is 119 cm³/mol. The third-order valence-corrected chi connectivity index (χ3v) is 6.55. The number of ether oxygens (including phenoxy) is 1. The lowest BCUT2D eigenvalue weighted by Crippen LogP contribution is -2.26. The summed E-state index contributed by atoms with van der Waals surface area (Å²) in [5, 5.41) is 2.44. The Kier molecular flexibility index (Phi) is 6.97. The summed E-state index contributed by atoms with van der Waals surface area (Å²) in [6, 6.07) is 16.7. The van der Waals surface area contributed by atoms with Crippen molar-refractivity contribution in [3.05, 3.63) is 83.9 Å². The quantitative estimate of drug-likeness (QED) is 0.527. The fourth-order valence-corrected chi connectivity index (χ4v) is 4.04. The molecule has 0 saturated heterocycles. The number of rotatable bonds is 7. The number of amides is 1. The van der Waals surface area contributed by atoms with Gasteiger partial charge in [0.15, 0.2) is 6.61 Å². The summed E-state index contributed by atoms with van der Waals surface area (Å²) in [6.07, 6.45) is -4.45. The predicted octanol–water partition coefficient (Wildman–Crippen LogP) is 4.86. The third-order valence-electron chi connectivity index (χ3n) is 4.75. The molecule has 33 heavy (non-hydrogen) atoms. The van der Waals surface area contributed by atoms with E-state index < -0.39 is 27.7 Å². The Morgan fingerprint density at radius 3 is 2.06 bits per heavy atom. The van der Waals surface area contributed by atoms with Crippen molar-refractivity contribution in [3.8, 4) is 5.75 Å². The number of halogens is 3. The average Bonchev–Trinajstić information content (AvgIpc) is 2.77. The number of carbonyl (C=O) groups excluding carboxylic acids is 1. The molecule has 0 aliphatic heterocycles. The number of nitrogens with zero attached hydrogens (tertiary/aromatic N) is 1. The van der Waals surface area contributed by atoms with Crippen LogP contribution in [0.5, 0.6) is 5.75 Å². The van der Waals surface area contributed by atoms with Gasteiger partial charge in [-0.2, -0.15) is 13.2 Å². The molecule has 0 spiro atoms. The molecule has 1 N–H and O–H groups in total. The molecule has 0 aliphatic rings. The number of anilines is 2. The molecule has 0 fully saturated rings. The van der Waals surface area contributed by atoms with Crippen LogP contribution in [0.2, 0.25) is 0 Å². The average molecular weight is 478 g/mol. The molecule has 0 unspecified atom stereocenters. The number of aryl methyl sites for hydroxylation is 1. The van der Waals surface area contributed by atoms with E-state index >= 15 is 0 Å². The van der Waals surface area contributed by atoms with Gasteiger partial charge in [-0.3, -0.25) is 9.10 Å². The maximum atomic E-state index is 12.8. The lowest BCUT2D eigenvalue weighted by atomic mass is 10.2. The second-order valence-electron chi connectivity index (χ2n) is 7.19. The van der Waals surface area contributed by atoms with Gasteiger partial charge in [-0.1, -0.05) is 17.7 Å². The highest BCUT2D eigenvalue weighted by molar-refractivity contribution is 7.92. The van der Waals surface area contributed by atoms with Crippen LogP contribution in [-0.4, -0.2) is 28.0 Å². The van der Waals surface area contributed by atoms with Crippen molar-refractivity contribution >= 4 is 27.3 Å². The molecule has 0 aromatic heterocycles. The van der Waals surface area contributed by atoms with Gasteiger partial charge in [0.25, 0.3) is 15.9 Å². The minimum absolute atomic E-state index is 0.163. The smallest absolute Gasteiger partial charge is 0.416 e. The van der Waals surface area contributed by atoms with Crippen molar-refractivity contribution in [1.82, 2.24) is 0 Å². The molecule has 3 aromatic rings. The normalized spacial score (nSPS) is 11.7. The molecule has 3 aromatic carbocycles. The lowest BCUT2D eigenvalue weighted by molar-refractivity contribution is -0.137. The van der Waals surface area contributed by atoms with Crippen LogP contribution >= 0.6 is 0 Å². The summed E-state index contributed by atoms with van der Waals surface area (Å²) >= 11 is 0. The van der Waals surface area contributed by atoms with E-state index in [1.165, 1.54) is 43.4 Å². The monoisotopic (exact) mass is 478 g/mol. The van der Waals surface area contributed by atoms with E-state index in [-0.39, 0.29) is 17.2 Å². The van der Waals surface area contributed by atoms with Gasteiger partial charge in [0.2, 0.25) is 0 Å². The number of benzene rings is 3. The number of nitrogens with one attached hydrogen (secondary N) is 1. The van der Waals surface area contributed by atoms with Gasteiger partial charge in [-0.25, -0.2) is 8.42 Å². The zero-order valence-corrected chi connectivity index (χ0v) is 18.6. The van der Waals surface area contributed by atoms with E-state index in [4.69, 9.17) is 4.74 Å². The standard InChI is InChI=1S/C23H21F3N2O4S/c1-16-3-13-21(14-4-16)33(30,31)28(2)19-9-11-20(12-10-19)32-15-22(29)27-18-7-5-17(6-8-18)23(24,25)26/h3-14H,15H2,1-2H3,(H,27,29). The van der Waals surface area contributed by atoms with Crippen molar-refractivity contribution < 1.29 is 31.1 Å². The third kappa shape index (κ3) is 6.04.